The van der Waals surface area contributed by atoms with Gasteiger partial charge in [-0.3, -0.25) is 9.78 Å². The van der Waals surface area contributed by atoms with Gasteiger partial charge in [-0.05, 0) is 43.7 Å². The van der Waals surface area contributed by atoms with E-state index in [0.717, 1.165) is 38.0 Å². The van der Waals surface area contributed by atoms with E-state index < -0.39 is 0 Å². The second kappa shape index (κ2) is 5.19. The van der Waals surface area contributed by atoms with Gasteiger partial charge in [0.05, 0.1) is 17.7 Å². The van der Waals surface area contributed by atoms with E-state index in [1.165, 1.54) is 12.0 Å². The first kappa shape index (κ1) is 11.8. The molecule has 1 aromatic heterocycles. The highest BCUT2D eigenvalue weighted by Gasteiger charge is 2.31. The minimum atomic E-state index is 0.0201. The SMILES string of the molecule is O=C(CC1CCCCO1)C1CCc2cccnc21. The number of hydrogen-bond acceptors (Lipinski definition) is 3. The maximum atomic E-state index is 12.4. The van der Waals surface area contributed by atoms with Gasteiger partial charge in [-0.15, -0.1) is 0 Å². The number of ketones is 1. The van der Waals surface area contributed by atoms with Gasteiger partial charge in [-0.25, -0.2) is 0 Å². The molecule has 1 fully saturated rings. The van der Waals surface area contributed by atoms with Crippen molar-refractivity contribution in [1.82, 2.24) is 4.98 Å². The van der Waals surface area contributed by atoms with Crippen LogP contribution in [0.3, 0.4) is 0 Å². The molecule has 1 aromatic rings. The van der Waals surface area contributed by atoms with Crippen LogP contribution in [0, 0.1) is 0 Å². The molecule has 3 heteroatoms. The number of nitrogens with zero attached hydrogens (tertiary/aromatic N) is 1. The number of Topliss-reactive ketones (excluding diaryl/α,β-unsaturated/α-hetero) is 1. The third-order valence-corrected chi connectivity index (χ3v) is 4.05. The quantitative estimate of drug-likeness (QED) is 0.821. The molecule has 2 unspecified atom stereocenters. The van der Waals surface area contributed by atoms with Crippen molar-refractivity contribution in [2.45, 2.75) is 50.5 Å². The Bertz CT molecular complexity index is 438. The number of pyridine rings is 1. The first-order valence-electron chi connectivity index (χ1n) is 6.92. The van der Waals surface area contributed by atoms with Gasteiger partial charge < -0.3 is 4.74 Å². The topological polar surface area (TPSA) is 39.2 Å². The van der Waals surface area contributed by atoms with Crippen molar-refractivity contribution in [3.63, 3.8) is 0 Å². The first-order valence-corrected chi connectivity index (χ1v) is 6.92. The minimum Gasteiger partial charge on any atom is -0.378 e. The number of ether oxygens (including phenoxy) is 1. The molecule has 0 N–H and O–H groups in total. The zero-order valence-electron chi connectivity index (χ0n) is 10.6. The lowest BCUT2D eigenvalue weighted by atomic mass is 9.94. The second-order valence-corrected chi connectivity index (χ2v) is 5.30. The molecule has 1 saturated heterocycles. The lowest BCUT2D eigenvalue weighted by Crippen LogP contribution is -2.24. The van der Waals surface area contributed by atoms with Crippen molar-refractivity contribution in [3.05, 3.63) is 29.6 Å². The molecule has 0 aromatic carbocycles. The van der Waals surface area contributed by atoms with Gasteiger partial charge in [0, 0.05) is 19.2 Å². The van der Waals surface area contributed by atoms with E-state index in [0.29, 0.717) is 12.2 Å². The Morgan fingerprint density at radius 1 is 1.39 bits per heavy atom. The molecule has 1 aliphatic heterocycles. The molecule has 0 radical (unpaired) electrons. The third kappa shape index (κ3) is 2.32. The minimum absolute atomic E-state index is 0.0201. The fourth-order valence-corrected chi connectivity index (χ4v) is 3.06. The van der Waals surface area contributed by atoms with Crippen LogP contribution in [0.2, 0.25) is 0 Å². The zero-order valence-corrected chi connectivity index (χ0v) is 10.6. The van der Waals surface area contributed by atoms with Crippen molar-refractivity contribution in [3.8, 4) is 0 Å². The van der Waals surface area contributed by atoms with Crippen LogP contribution < -0.4 is 0 Å². The molecule has 0 spiro atoms. The average Bonchev–Trinajstić information content (AvgIpc) is 2.84. The van der Waals surface area contributed by atoms with E-state index in [9.17, 15) is 4.79 Å². The molecule has 3 rings (SSSR count). The van der Waals surface area contributed by atoms with E-state index in [4.69, 9.17) is 4.74 Å². The molecule has 0 amide bonds. The molecule has 2 heterocycles. The summed E-state index contributed by atoms with van der Waals surface area (Å²) < 4.78 is 5.65. The molecule has 2 atom stereocenters. The summed E-state index contributed by atoms with van der Waals surface area (Å²) >= 11 is 0. The smallest absolute Gasteiger partial charge is 0.144 e. The molecule has 96 valence electrons. The molecule has 0 saturated carbocycles. The number of rotatable bonds is 3. The number of carbonyl (C=O) groups is 1. The summed E-state index contributed by atoms with van der Waals surface area (Å²) in [7, 11) is 0. The molecular weight excluding hydrogens is 226 g/mol. The van der Waals surface area contributed by atoms with Crippen molar-refractivity contribution in [1.29, 1.82) is 0 Å². The van der Waals surface area contributed by atoms with E-state index >= 15 is 0 Å². The highest BCUT2D eigenvalue weighted by Crippen LogP contribution is 2.33. The van der Waals surface area contributed by atoms with Crippen molar-refractivity contribution >= 4 is 5.78 Å². The second-order valence-electron chi connectivity index (χ2n) is 5.30. The summed E-state index contributed by atoms with van der Waals surface area (Å²) in [6, 6.07) is 4.04. The summed E-state index contributed by atoms with van der Waals surface area (Å²) in [4.78, 5) is 16.7. The molecule has 3 nitrogen and oxygen atoms in total. The summed E-state index contributed by atoms with van der Waals surface area (Å²) in [5.74, 6) is 0.339. The summed E-state index contributed by atoms with van der Waals surface area (Å²) in [5, 5.41) is 0. The Morgan fingerprint density at radius 3 is 3.17 bits per heavy atom. The van der Waals surface area contributed by atoms with Crippen LogP contribution in [0.25, 0.3) is 0 Å². The third-order valence-electron chi connectivity index (χ3n) is 4.05. The van der Waals surface area contributed by atoms with Gasteiger partial charge in [-0.2, -0.15) is 0 Å². The summed E-state index contributed by atoms with van der Waals surface area (Å²) in [6.07, 6.45) is 7.80. The molecule has 0 bridgehead atoms. The van der Waals surface area contributed by atoms with Crippen molar-refractivity contribution in [2.75, 3.05) is 6.61 Å². The number of aromatic nitrogens is 1. The molecule has 18 heavy (non-hydrogen) atoms. The highest BCUT2D eigenvalue weighted by molar-refractivity contribution is 5.86. The van der Waals surface area contributed by atoms with E-state index in [1.807, 2.05) is 6.07 Å². The normalized spacial score (nSPS) is 26.9. The van der Waals surface area contributed by atoms with Gasteiger partial charge >= 0.3 is 0 Å². The fourth-order valence-electron chi connectivity index (χ4n) is 3.06. The fraction of sp³-hybridized carbons (Fsp3) is 0.600. The summed E-state index contributed by atoms with van der Waals surface area (Å²) in [5.41, 5.74) is 2.26. The van der Waals surface area contributed by atoms with E-state index in [1.54, 1.807) is 6.20 Å². The number of hydrogen-bond donors (Lipinski definition) is 0. The average molecular weight is 245 g/mol. The van der Waals surface area contributed by atoms with Crippen molar-refractivity contribution in [2.24, 2.45) is 0 Å². The highest BCUT2D eigenvalue weighted by atomic mass is 16.5. The number of aryl methyl sites for hydroxylation is 1. The van der Waals surface area contributed by atoms with Crippen LogP contribution in [-0.4, -0.2) is 23.5 Å². The Hall–Kier alpha value is -1.22. The predicted octanol–water partition coefficient (Wildman–Crippen LogP) is 2.64. The number of fused-ring (bicyclic) bond motifs is 1. The van der Waals surface area contributed by atoms with Crippen LogP contribution in [0.1, 0.15) is 49.3 Å². The zero-order chi connectivity index (χ0) is 12.4. The van der Waals surface area contributed by atoms with Crippen LogP contribution in [0.5, 0.6) is 0 Å². The monoisotopic (exact) mass is 245 g/mol. The van der Waals surface area contributed by atoms with Crippen LogP contribution >= 0.6 is 0 Å². The van der Waals surface area contributed by atoms with Gasteiger partial charge in [0.1, 0.15) is 5.78 Å². The predicted molar refractivity (Wildman–Crippen MR) is 68.5 cm³/mol. The van der Waals surface area contributed by atoms with Gasteiger partial charge in [0.25, 0.3) is 0 Å². The maximum Gasteiger partial charge on any atom is 0.144 e. The largest absolute Gasteiger partial charge is 0.378 e. The number of carbonyl (C=O) groups excluding carboxylic acids is 1. The Kier molecular flexibility index (Phi) is 3.41. The first-order chi connectivity index (χ1) is 8.84. The van der Waals surface area contributed by atoms with Crippen LogP contribution in [-0.2, 0) is 16.0 Å². The van der Waals surface area contributed by atoms with E-state index in [-0.39, 0.29) is 12.0 Å². The molecule has 2 aliphatic rings. The lowest BCUT2D eigenvalue weighted by Gasteiger charge is -2.23. The maximum absolute atomic E-state index is 12.4. The van der Waals surface area contributed by atoms with Crippen LogP contribution in [0.4, 0.5) is 0 Å². The van der Waals surface area contributed by atoms with E-state index in [2.05, 4.69) is 11.1 Å². The standard InChI is InChI=1S/C15H19NO2/c17-14(10-12-5-1-2-9-18-12)13-7-6-11-4-3-8-16-15(11)13/h3-4,8,12-13H,1-2,5-7,9-10H2. The lowest BCUT2D eigenvalue weighted by molar-refractivity contribution is -0.124. The van der Waals surface area contributed by atoms with Gasteiger partial charge in [0.2, 0.25) is 0 Å². The van der Waals surface area contributed by atoms with Gasteiger partial charge in [0.15, 0.2) is 0 Å². The van der Waals surface area contributed by atoms with Crippen molar-refractivity contribution < 1.29 is 9.53 Å². The Labute approximate surface area is 108 Å². The van der Waals surface area contributed by atoms with Gasteiger partial charge in [-0.1, -0.05) is 6.07 Å². The summed E-state index contributed by atoms with van der Waals surface area (Å²) in [6.45, 7) is 0.817. The Balaban J connectivity index is 1.67. The Morgan fingerprint density at radius 2 is 2.33 bits per heavy atom. The van der Waals surface area contributed by atoms with Crippen LogP contribution in [0.15, 0.2) is 18.3 Å². The molecule has 1 aliphatic carbocycles. The molecular formula is C15H19NO2.